The average molecular weight is 668 g/mol. The molecule has 0 unspecified atom stereocenters. The van der Waals surface area contributed by atoms with Gasteiger partial charge in [0.2, 0.25) is 10.0 Å². The number of hydrogen-bond donors (Lipinski definition) is 3. The molecule has 47 heavy (non-hydrogen) atoms. The molecule has 1 saturated carbocycles. The lowest BCUT2D eigenvalue weighted by Crippen LogP contribution is -2.40. The van der Waals surface area contributed by atoms with E-state index in [0.29, 0.717) is 24.3 Å². The van der Waals surface area contributed by atoms with Crippen LogP contribution in [0.15, 0.2) is 67.0 Å². The van der Waals surface area contributed by atoms with E-state index in [0.717, 1.165) is 48.8 Å². The summed E-state index contributed by atoms with van der Waals surface area (Å²) in [5.41, 5.74) is 2.62. The average Bonchev–Trinajstić information content (AvgIpc) is 3.03. The topological polar surface area (TPSA) is 155 Å². The lowest BCUT2D eigenvalue weighted by molar-refractivity contribution is 0.0146. The van der Waals surface area contributed by atoms with Gasteiger partial charge >= 0.3 is 6.09 Å². The van der Waals surface area contributed by atoms with Crippen molar-refractivity contribution in [2.75, 3.05) is 25.4 Å². The molecule has 11 nitrogen and oxygen atoms in total. The minimum absolute atomic E-state index is 0.0453. The second kappa shape index (κ2) is 16.2. The molecule has 0 radical (unpaired) electrons. The number of ether oxygens (including phenoxy) is 2. The van der Waals surface area contributed by atoms with E-state index >= 15 is 0 Å². The Kier molecular flexibility index (Phi) is 12.4. The smallest absolute Gasteiger partial charge is 0.410 e. The highest BCUT2D eigenvalue weighted by Crippen LogP contribution is 2.31. The number of hydrogen-bond acceptors (Lipinski definition) is 9. The summed E-state index contributed by atoms with van der Waals surface area (Å²) in [7, 11) is -4.00. The molecule has 4 rings (SSSR count). The van der Waals surface area contributed by atoms with Gasteiger partial charge in [0.05, 0.1) is 36.7 Å². The third-order valence-corrected chi connectivity index (χ3v) is 8.97. The molecule has 1 aliphatic carbocycles. The van der Waals surface area contributed by atoms with Crippen molar-refractivity contribution >= 4 is 22.0 Å². The summed E-state index contributed by atoms with van der Waals surface area (Å²) in [4.78, 5) is 31.6. The molecule has 12 heteroatoms. The maximum atomic E-state index is 13.0. The van der Waals surface area contributed by atoms with E-state index < -0.39 is 46.1 Å². The summed E-state index contributed by atoms with van der Waals surface area (Å²) >= 11 is 0. The van der Waals surface area contributed by atoms with Crippen LogP contribution in [0, 0.1) is 0 Å². The van der Waals surface area contributed by atoms with Crippen LogP contribution >= 0.6 is 0 Å². The number of aliphatic hydroxyl groups excluding tert-OH is 2. The standard InChI is InChI=1S/C35H45N3O8S/c1-35(2,3)46-34(42)38(24-31(40)28-8-7-18-36-23-28)19-17-25-11-13-26(14-12-25)27-15-16-30(33(41)37-47(43,44)21-20-39)32(22-27)45-29-9-5-4-6-10-29/h7-8,11-16,18,22-23,29,31,39-40H,4-6,9-10,17,19-21,24H2,1-3H3,(H,37,41)/t31-/m0/s1. The Morgan fingerprint density at radius 3 is 2.38 bits per heavy atom. The van der Waals surface area contributed by atoms with Crippen LogP contribution in [0.4, 0.5) is 4.79 Å². The van der Waals surface area contributed by atoms with Crippen LogP contribution in [0.5, 0.6) is 5.75 Å². The van der Waals surface area contributed by atoms with Crippen molar-refractivity contribution in [1.82, 2.24) is 14.6 Å². The SMILES string of the molecule is CC(C)(C)OC(=O)N(CCc1ccc(-c2ccc(C(=O)NS(=O)(=O)CCO)c(OC3CCCCC3)c2)cc1)C[C@H](O)c1cccnc1. The Bertz CT molecular complexity index is 1590. The lowest BCUT2D eigenvalue weighted by atomic mass is 9.97. The first kappa shape index (κ1) is 35.8. The molecule has 1 heterocycles. The number of aromatic nitrogens is 1. The Labute approximate surface area is 277 Å². The molecule has 0 bridgehead atoms. The number of carbonyl (C=O) groups is 2. The highest BCUT2D eigenvalue weighted by molar-refractivity contribution is 7.90. The second-order valence-corrected chi connectivity index (χ2v) is 14.6. The number of amides is 2. The predicted molar refractivity (Wildman–Crippen MR) is 178 cm³/mol. The van der Waals surface area contributed by atoms with Crippen LogP contribution in [0.2, 0.25) is 0 Å². The molecule has 1 atom stereocenters. The van der Waals surface area contributed by atoms with Crippen molar-refractivity contribution in [3.8, 4) is 16.9 Å². The van der Waals surface area contributed by atoms with Crippen LogP contribution in [0.25, 0.3) is 11.1 Å². The second-order valence-electron chi connectivity index (χ2n) is 12.7. The number of sulfonamides is 1. The van der Waals surface area contributed by atoms with E-state index in [4.69, 9.17) is 14.6 Å². The third-order valence-electron chi connectivity index (χ3n) is 7.75. The van der Waals surface area contributed by atoms with Crippen molar-refractivity contribution in [3.05, 3.63) is 83.7 Å². The van der Waals surface area contributed by atoms with Crippen molar-refractivity contribution in [3.63, 3.8) is 0 Å². The number of pyridine rings is 1. The van der Waals surface area contributed by atoms with Gasteiger partial charge in [-0.15, -0.1) is 0 Å². The molecule has 2 aromatic carbocycles. The normalized spacial score (nSPS) is 14.7. The van der Waals surface area contributed by atoms with Gasteiger partial charge in [0.15, 0.2) is 0 Å². The van der Waals surface area contributed by atoms with Crippen molar-refractivity contribution in [1.29, 1.82) is 0 Å². The monoisotopic (exact) mass is 667 g/mol. The van der Waals surface area contributed by atoms with E-state index in [-0.39, 0.29) is 18.2 Å². The Balaban J connectivity index is 1.51. The summed E-state index contributed by atoms with van der Waals surface area (Å²) in [5.74, 6) is -1.09. The molecule has 3 N–H and O–H groups in total. The molecule has 0 spiro atoms. The van der Waals surface area contributed by atoms with Crippen LogP contribution in [-0.4, -0.2) is 77.7 Å². The fourth-order valence-electron chi connectivity index (χ4n) is 5.32. The quantitative estimate of drug-likeness (QED) is 0.228. The summed E-state index contributed by atoms with van der Waals surface area (Å²) in [6.45, 7) is 5.14. The zero-order valence-electron chi connectivity index (χ0n) is 27.2. The maximum absolute atomic E-state index is 13.0. The first-order valence-corrected chi connectivity index (χ1v) is 17.6. The van der Waals surface area contributed by atoms with E-state index in [2.05, 4.69) is 4.98 Å². The van der Waals surface area contributed by atoms with Crippen molar-refractivity contribution in [2.45, 2.75) is 77.1 Å². The van der Waals surface area contributed by atoms with Gasteiger partial charge in [-0.25, -0.2) is 17.9 Å². The van der Waals surface area contributed by atoms with Crippen LogP contribution in [0.3, 0.4) is 0 Å². The number of benzene rings is 2. The predicted octanol–water partition coefficient (Wildman–Crippen LogP) is 5.03. The summed E-state index contributed by atoms with van der Waals surface area (Å²) in [6.07, 6.45) is 7.04. The summed E-state index contributed by atoms with van der Waals surface area (Å²) in [6, 6.07) is 16.3. The van der Waals surface area contributed by atoms with Gasteiger partial charge in [-0.3, -0.25) is 9.78 Å². The van der Waals surface area contributed by atoms with E-state index in [1.165, 1.54) is 4.90 Å². The lowest BCUT2D eigenvalue weighted by Gasteiger charge is -2.29. The number of nitrogens with one attached hydrogen (secondary N) is 1. The van der Waals surface area contributed by atoms with Gasteiger partial charge in [-0.05, 0) is 87.8 Å². The van der Waals surface area contributed by atoms with E-state index in [9.17, 15) is 23.1 Å². The summed E-state index contributed by atoms with van der Waals surface area (Å²) in [5, 5.41) is 19.8. The van der Waals surface area contributed by atoms with Gasteiger partial charge in [0.1, 0.15) is 11.4 Å². The molecule has 2 amide bonds. The number of aliphatic hydroxyl groups is 2. The first-order chi connectivity index (χ1) is 22.3. The highest BCUT2D eigenvalue weighted by Gasteiger charge is 2.25. The fraction of sp³-hybridized carbons (Fsp3) is 0.457. The summed E-state index contributed by atoms with van der Waals surface area (Å²) < 4.78 is 38.2. The minimum atomic E-state index is -4.00. The van der Waals surface area contributed by atoms with Crippen LogP contribution in [-0.2, 0) is 21.2 Å². The zero-order valence-corrected chi connectivity index (χ0v) is 28.0. The molecule has 1 fully saturated rings. The maximum Gasteiger partial charge on any atom is 0.410 e. The van der Waals surface area contributed by atoms with Gasteiger partial charge in [0, 0.05) is 24.5 Å². The first-order valence-electron chi connectivity index (χ1n) is 15.9. The molecular weight excluding hydrogens is 622 g/mol. The van der Waals surface area contributed by atoms with Crippen molar-refractivity contribution in [2.24, 2.45) is 0 Å². The molecule has 3 aromatic rings. The number of carbonyl (C=O) groups excluding carboxylic acids is 2. The van der Waals surface area contributed by atoms with Gasteiger partial charge in [-0.1, -0.05) is 42.8 Å². The van der Waals surface area contributed by atoms with Crippen molar-refractivity contribution < 1.29 is 37.7 Å². The fourth-order valence-corrected chi connectivity index (χ4v) is 6.05. The van der Waals surface area contributed by atoms with Crippen LogP contribution < -0.4 is 9.46 Å². The molecule has 254 valence electrons. The molecule has 0 aliphatic heterocycles. The van der Waals surface area contributed by atoms with E-state index in [1.54, 1.807) is 63.5 Å². The van der Waals surface area contributed by atoms with Gasteiger partial charge in [-0.2, -0.15) is 0 Å². The number of rotatable bonds is 13. The van der Waals surface area contributed by atoms with E-state index in [1.807, 2.05) is 29.0 Å². The van der Waals surface area contributed by atoms with Gasteiger partial charge in [0.25, 0.3) is 5.91 Å². The zero-order chi connectivity index (χ0) is 34.0. The molecule has 1 aliphatic rings. The van der Waals surface area contributed by atoms with Crippen LogP contribution in [0.1, 0.15) is 80.5 Å². The highest BCUT2D eigenvalue weighted by atomic mass is 32.2. The Morgan fingerprint density at radius 2 is 1.74 bits per heavy atom. The largest absolute Gasteiger partial charge is 0.490 e. The minimum Gasteiger partial charge on any atom is -0.490 e. The molecular formula is C35H45N3O8S. The third kappa shape index (κ3) is 11.0. The number of nitrogens with zero attached hydrogens (tertiary/aromatic N) is 2. The Hall–Kier alpha value is -4.00. The Morgan fingerprint density at radius 1 is 1.04 bits per heavy atom. The molecule has 0 saturated heterocycles. The molecule has 1 aromatic heterocycles. The van der Waals surface area contributed by atoms with Gasteiger partial charge < -0.3 is 24.6 Å².